The van der Waals surface area contributed by atoms with Crippen LogP contribution in [0.15, 0.2) is 24.3 Å². The summed E-state index contributed by atoms with van der Waals surface area (Å²) in [4.78, 5) is 24.3. The van der Waals surface area contributed by atoms with Gasteiger partial charge in [0, 0.05) is 19.0 Å². The van der Waals surface area contributed by atoms with Gasteiger partial charge in [-0.2, -0.15) is 0 Å². The Balaban J connectivity index is 2.76. The Hall–Kier alpha value is -1.84. The van der Waals surface area contributed by atoms with E-state index in [0.29, 0.717) is 6.54 Å². The molecule has 1 rings (SSSR count). The van der Waals surface area contributed by atoms with E-state index in [1.165, 1.54) is 0 Å². The fourth-order valence-corrected chi connectivity index (χ4v) is 1.89. The summed E-state index contributed by atoms with van der Waals surface area (Å²) < 4.78 is 0. The number of aliphatic carboxylic acids is 1. The molecule has 0 atom stereocenters. The summed E-state index contributed by atoms with van der Waals surface area (Å²) in [6.07, 6.45) is -0.0603. The molecule has 0 heterocycles. The Morgan fingerprint density at radius 2 is 1.84 bits per heavy atom. The number of carboxylic acid groups (broad SMARTS) is 1. The lowest BCUT2D eigenvalue weighted by Gasteiger charge is -2.27. The zero-order valence-corrected chi connectivity index (χ0v) is 11.7. The van der Waals surface area contributed by atoms with Crippen molar-refractivity contribution in [1.82, 2.24) is 4.90 Å². The van der Waals surface area contributed by atoms with E-state index < -0.39 is 5.97 Å². The summed E-state index contributed by atoms with van der Waals surface area (Å²) in [6, 6.07) is 7.97. The lowest BCUT2D eigenvalue weighted by molar-refractivity contribution is -0.141. The second-order valence-corrected chi connectivity index (χ2v) is 4.94. The average Bonchev–Trinajstić information content (AvgIpc) is 2.34. The number of amides is 1. The van der Waals surface area contributed by atoms with Gasteiger partial charge in [0.1, 0.15) is 0 Å². The molecular formula is C15H21NO3. The molecule has 0 spiro atoms. The van der Waals surface area contributed by atoms with Crippen LogP contribution in [0.25, 0.3) is 0 Å². The zero-order chi connectivity index (χ0) is 14.4. The van der Waals surface area contributed by atoms with E-state index in [1.807, 2.05) is 45.0 Å². The van der Waals surface area contributed by atoms with Crippen molar-refractivity contribution < 1.29 is 14.7 Å². The first-order chi connectivity index (χ1) is 8.91. The van der Waals surface area contributed by atoms with Crippen molar-refractivity contribution in [2.24, 2.45) is 0 Å². The van der Waals surface area contributed by atoms with Crippen molar-refractivity contribution in [2.45, 2.75) is 46.2 Å². The van der Waals surface area contributed by atoms with E-state index in [0.717, 1.165) is 11.1 Å². The number of benzene rings is 1. The third kappa shape index (κ3) is 4.73. The number of carbonyl (C=O) groups excluding carboxylic acids is 1. The lowest BCUT2D eigenvalue weighted by atomic mass is 10.1. The predicted octanol–water partition coefficient (Wildman–Crippen LogP) is 2.60. The van der Waals surface area contributed by atoms with Crippen LogP contribution < -0.4 is 0 Å². The second-order valence-electron chi connectivity index (χ2n) is 4.94. The molecule has 0 aliphatic heterocycles. The Morgan fingerprint density at radius 1 is 1.21 bits per heavy atom. The zero-order valence-electron chi connectivity index (χ0n) is 11.7. The van der Waals surface area contributed by atoms with Gasteiger partial charge in [0.25, 0.3) is 0 Å². The lowest BCUT2D eigenvalue weighted by Crippen LogP contribution is -2.36. The smallest absolute Gasteiger partial charge is 0.303 e. The molecule has 4 nitrogen and oxygen atoms in total. The predicted molar refractivity (Wildman–Crippen MR) is 73.7 cm³/mol. The van der Waals surface area contributed by atoms with Gasteiger partial charge in [-0.05, 0) is 31.9 Å². The first-order valence-corrected chi connectivity index (χ1v) is 6.47. The van der Waals surface area contributed by atoms with E-state index in [1.54, 1.807) is 4.90 Å². The largest absolute Gasteiger partial charge is 0.481 e. The molecule has 0 radical (unpaired) electrons. The van der Waals surface area contributed by atoms with Crippen LogP contribution in [0.4, 0.5) is 0 Å². The molecule has 0 fully saturated rings. The van der Waals surface area contributed by atoms with Crippen LogP contribution in [0, 0.1) is 6.92 Å². The first kappa shape index (κ1) is 15.2. The summed E-state index contributed by atoms with van der Waals surface area (Å²) in [6.45, 7) is 6.42. The van der Waals surface area contributed by atoms with Crippen molar-refractivity contribution in [1.29, 1.82) is 0 Å². The highest BCUT2D eigenvalue weighted by atomic mass is 16.4. The van der Waals surface area contributed by atoms with Gasteiger partial charge in [-0.15, -0.1) is 0 Å². The molecule has 0 saturated heterocycles. The van der Waals surface area contributed by atoms with Crippen LogP contribution in [-0.4, -0.2) is 27.9 Å². The fourth-order valence-electron chi connectivity index (χ4n) is 1.89. The molecule has 0 bridgehead atoms. The molecule has 0 aromatic heterocycles. The molecule has 0 aliphatic rings. The summed E-state index contributed by atoms with van der Waals surface area (Å²) in [5.41, 5.74) is 2.24. The second kappa shape index (κ2) is 6.92. The van der Waals surface area contributed by atoms with E-state index in [-0.39, 0.29) is 24.8 Å². The Bertz CT molecular complexity index is 454. The summed E-state index contributed by atoms with van der Waals surface area (Å²) in [7, 11) is 0. The van der Waals surface area contributed by atoms with Crippen molar-refractivity contribution in [2.75, 3.05) is 0 Å². The number of hydrogen-bond donors (Lipinski definition) is 1. The molecule has 104 valence electrons. The highest BCUT2D eigenvalue weighted by Crippen LogP contribution is 2.14. The van der Waals surface area contributed by atoms with Crippen LogP contribution >= 0.6 is 0 Å². The van der Waals surface area contributed by atoms with Crippen molar-refractivity contribution in [3.8, 4) is 0 Å². The van der Waals surface area contributed by atoms with Gasteiger partial charge in [-0.25, -0.2) is 0 Å². The molecule has 1 N–H and O–H groups in total. The molecular weight excluding hydrogens is 242 g/mol. The van der Waals surface area contributed by atoms with E-state index >= 15 is 0 Å². The number of nitrogens with zero attached hydrogens (tertiary/aromatic N) is 1. The van der Waals surface area contributed by atoms with Gasteiger partial charge in [0.2, 0.25) is 5.91 Å². The van der Waals surface area contributed by atoms with Crippen molar-refractivity contribution in [3.05, 3.63) is 35.4 Å². The van der Waals surface area contributed by atoms with Crippen LogP contribution in [0.1, 0.15) is 37.8 Å². The topological polar surface area (TPSA) is 57.6 Å². The normalized spacial score (nSPS) is 10.5. The average molecular weight is 263 g/mol. The third-order valence-corrected chi connectivity index (χ3v) is 3.10. The van der Waals surface area contributed by atoms with Crippen molar-refractivity contribution >= 4 is 11.9 Å². The highest BCUT2D eigenvalue weighted by Gasteiger charge is 2.18. The SMILES string of the molecule is Cc1ccccc1CN(C(=O)CCC(=O)O)C(C)C. The molecule has 0 unspecified atom stereocenters. The maximum absolute atomic E-state index is 12.1. The maximum Gasteiger partial charge on any atom is 0.303 e. The maximum atomic E-state index is 12.1. The number of carboxylic acids is 1. The monoisotopic (exact) mass is 263 g/mol. The van der Waals surface area contributed by atoms with Gasteiger partial charge >= 0.3 is 5.97 Å². The Kier molecular flexibility index (Phi) is 5.55. The highest BCUT2D eigenvalue weighted by molar-refractivity contribution is 5.80. The van der Waals surface area contributed by atoms with E-state index in [9.17, 15) is 9.59 Å². The van der Waals surface area contributed by atoms with Gasteiger partial charge < -0.3 is 10.0 Å². The van der Waals surface area contributed by atoms with Crippen LogP contribution in [-0.2, 0) is 16.1 Å². The minimum Gasteiger partial charge on any atom is -0.481 e. The Labute approximate surface area is 114 Å². The first-order valence-electron chi connectivity index (χ1n) is 6.47. The quantitative estimate of drug-likeness (QED) is 0.858. The summed E-state index contributed by atoms with van der Waals surface area (Å²) in [5.74, 6) is -1.05. The van der Waals surface area contributed by atoms with Gasteiger partial charge in [0.05, 0.1) is 6.42 Å². The van der Waals surface area contributed by atoms with Crippen molar-refractivity contribution in [3.63, 3.8) is 0 Å². The van der Waals surface area contributed by atoms with Gasteiger partial charge in [-0.3, -0.25) is 9.59 Å². The number of rotatable bonds is 6. The third-order valence-electron chi connectivity index (χ3n) is 3.10. The number of aryl methyl sites for hydroxylation is 1. The van der Waals surface area contributed by atoms with E-state index in [4.69, 9.17) is 5.11 Å². The van der Waals surface area contributed by atoms with Gasteiger partial charge in [-0.1, -0.05) is 24.3 Å². The molecule has 0 saturated carbocycles. The molecule has 0 aliphatic carbocycles. The van der Waals surface area contributed by atoms with E-state index in [2.05, 4.69) is 0 Å². The molecule has 4 heteroatoms. The van der Waals surface area contributed by atoms with Gasteiger partial charge in [0.15, 0.2) is 0 Å². The van der Waals surface area contributed by atoms with Crippen LogP contribution in [0.2, 0.25) is 0 Å². The minimum absolute atomic E-state index is 0.0550. The molecule has 1 aromatic carbocycles. The molecule has 19 heavy (non-hydrogen) atoms. The number of carbonyl (C=O) groups is 2. The Morgan fingerprint density at radius 3 is 2.37 bits per heavy atom. The standard InChI is InChI=1S/C15H21NO3/c1-11(2)16(14(17)8-9-15(18)19)10-13-7-5-4-6-12(13)3/h4-7,11H,8-10H2,1-3H3,(H,18,19). The summed E-state index contributed by atoms with van der Waals surface area (Å²) in [5, 5.41) is 8.65. The van der Waals surface area contributed by atoms with Crippen LogP contribution in [0.5, 0.6) is 0 Å². The minimum atomic E-state index is -0.937. The van der Waals surface area contributed by atoms with Crippen LogP contribution in [0.3, 0.4) is 0 Å². The molecule has 1 amide bonds. The fraction of sp³-hybridized carbons (Fsp3) is 0.467. The summed E-state index contributed by atoms with van der Waals surface area (Å²) >= 11 is 0. The number of hydrogen-bond acceptors (Lipinski definition) is 2. The molecule has 1 aromatic rings.